The Morgan fingerprint density at radius 3 is 2.70 bits per heavy atom. The van der Waals surface area contributed by atoms with Crippen LogP contribution in [0.2, 0.25) is 0 Å². The zero-order valence-corrected chi connectivity index (χ0v) is 18.7. The first-order chi connectivity index (χ1) is 16.0. The highest BCUT2D eigenvalue weighted by molar-refractivity contribution is 6.03. The zero-order valence-electron chi connectivity index (χ0n) is 18.7. The van der Waals surface area contributed by atoms with Crippen molar-refractivity contribution in [2.75, 3.05) is 24.6 Å². The number of H-pyrrole nitrogens is 1. The number of nitrogens with zero attached hydrogens (tertiary/aromatic N) is 3. The molecule has 8 heteroatoms. The molecule has 2 atom stereocenters. The third-order valence-electron chi connectivity index (χ3n) is 6.08. The number of benzene rings is 1. The molecule has 2 aromatic heterocycles. The van der Waals surface area contributed by atoms with Crippen molar-refractivity contribution in [1.29, 1.82) is 0 Å². The molecule has 4 heterocycles. The molecule has 1 saturated heterocycles. The summed E-state index contributed by atoms with van der Waals surface area (Å²) in [7, 11) is 0. The molecular weight excluding hydrogens is 418 g/mol. The molecule has 8 nitrogen and oxygen atoms in total. The third-order valence-corrected chi connectivity index (χ3v) is 6.08. The zero-order chi connectivity index (χ0) is 22.9. The van der Waals surface area contributed by atoms with Crippen LogP contribution in [0.25, 0.3) is 16.3 Å². The number of fused-ring (bicyclic) bond motifs is 1. The molecule has 1 fully saturated rings. The maximum absolute atomic E-state index is 12.4. The molecule has 0 radical (unpaired) electrons. The van der Waals surface area contributed by atoms with Crippen LogP contribution in [0, 0.1) is 0 Å². The fraction of sp³-hybridized carbons (Fsp3) is 0.320. The smallest absolute Gasteiger partial charge is 0.258 e. The Morgan fingerprint density at radius 2 is 2.00 bits per heavy atom. The van der Waals surface area contributed by atoms with E-state index in [0.717, 1.165) is 36.5 Å². The number of hydrogen-bond donors (Lipinski definition) is 3. The van der Waals surface area contributed by atoms with Crippen molar-refractivity contribution in [2.45, 2.75) is 32.4 Å². The Balaban J connectivity index is 1.45. The van der Waals surface area contributed by atoms with E-state index in [1.54, 1.807) is 24.7 Å². The van der Waals surface area contributed by atoms with E-state index in [1.165, 1.54) is 0 Å². The molecule has 3 N–H and O–H groups in total. The van der Waals surface area contributed by atoms with Crippen molar-refractivity contribution >= 4 is 34.1 Å². The summed E-state index contributed by atoms with van der Waals surface area (Å²) in [4.78, 5) is 26.3. The van der Waals surface area contributed by atoms with Gasteiger partial charge in [0.05, 0.1) is 30.3 Å². The van der Waals surface area contributed by atoms with Gasteiger partial charge in [-0.2, -0.15) is 0 Å². The quantitative estimate of drug-likeness (QED) is 0.533. The number of rotatable bonds is 4. The number of aromatic hydroxyl groups is 1. The molecule has 33 heavy (non-hydrogen) atoms. The summed E-state index contributed by atoms with van der Waals surface area (Å²) in [5, 5.41) is 15.1. The highest BCUT2D eigenvalue weighted by Crippen LogP contribution is 2.29. The molecular formula is C25H27N5O3. The summed E-state index contributed by atoms with van der Waals surface area (Å²) < 4.78 is 5.35. The van der Waals surface area contributed by atoms with Crippen molar-refractivity contribution in [3.63, 3.8) is 0 Å². The topological polar surface area (TPSA) is 103 Å². The maximum Gasteiger partial charge on any atom is 0.258 e. The molecule has 3 aromatic rings. The lowest BCUT2D eigenvalue weighted by Crippen LogP contribution is -2.54. The fourth-order valence-corrected chi connectivity index (χ4v) is 4.56. The molecule has 0 spiro atoms. The van der Waals surface area contributed by atoms with Crippen LogP contribution in [0.1, 0.15) is 31.4 Å². The summed E-state index contributed by atoms with van der Waals surface area (Å²) in [5.41, 5.74) is 2.81. The highest BCUT2D eigenvalue weighted by atomic mass is 16.5. The summed E-state index contributed by atoms with van der Waals surface area (Å²) in [6.07, 6.45) is 5.85. The number of pyridine rings is 2. The number of aromatic nitrogens is 2. The average Bonchev–Trinajstić information content (AvgIpc) is 3.33. The van der Waals surface area contributed by atoms with Crippen molar-refractivity contribution in [2.24, 2.45) is 4.99 Å². The van der Waals surface area contributed by atoms with Crippen LogP contribution in [-0.2, 0) is 4.74 Å². The monoisotopic (exact) mass is 445 g/mol. The van der Waals surface area contributed by atoms with E-state index < -0.39 is 0 Å². The van der Waals surface area contributed by atoms with Gasteiger partial charge in [-0.15, -0.1) is 0 Å². The van der Waals surface area contributed by atoms with Crippen LogP contribution in [-0.4, -0.2) is 53.1 Å². The molecule has 1 aromatic carbocycles. The van der Waals surface area contributed by atoms with Crippen LogP contribution < -0.4 is 15.8 Å². The van der Waals surface area contributed by atoms with Crippen molar-refractivity contribution in [1.82, 2.24) is 15.3 Å². The van der Waals surface area contributed by atoms with Gasteiger partial charge in [0, 0.05) is 48.6 Å². The van der Waals surface area contributed by atoms with Gasteiger partial charge < -0.3 is 20.1 Å². The third kappa shape index (κ3) is 4.34. The lowest BCUT2D eigenvalue weighted by atomic mass is 9.99. The van der Waals surface area contributed by atoms with Crippen molar-refractivity contribution in [3.05, 3.63) is 64.3 Å². The standard InChI is InChI=1S/C25H27N5O3/c1-15-12-30(13-16(2)28-15)23-6-4-19(10-27-23)26-11-22-21-9-17(18-7-8-33-14-18)3-5-20(21)24(31)29-25(22)32/h3-6,9-11,14-16,28H,7-8,12-13H2,1-2H3,(H2,29,31,32)/t15-,16+. The first kappa shape index (κ1) is 21.2. The van der Waals surface area contributed by atoms with Crippen molar-refractivity contribution in [3.8, 4) is 5.88 Å². The highest BCUT2D eigenvalue weighted by Gasteiger charge is 2.21. The summed E-state index contributed by atoms with van der Waals surface area (Å²) in [5.74, 6) is 0.710. The van der Waals surface area contributed by atoms with Gasteiger partial charge in [-0.1, -0.05) is 6.07 Å². The maximum atomic E-state index is 12.4. The van der Waals surface area contributed by atoms with E-state index in [0.29, 0.717) is 40.7 Å². The van der Waals surface area contributed by atoms with Crippen LogP contribution in [0.3, 0.4) is 0 Å². The average molecular weight is 446 g/mol. The lowest BCUT2D eigenvalue weighted by molar-refractivity contribution is 0.281. The molecule has 2 aliphatic heterocycles. The normalized spacial score (nSPS) is 20.9. The first-order valence-corrected chi connectivity index (χ1v) is 11.2. The van der Waals surface area contributed by atoms with Crippen LogP contribution >= 0.6 is 0 Å². The summed E-state index contributed by atoms with van der Waals surface area (Å²) >= 11 is 0. The molecule has 0 aliphatic carbocycles. The van der Waals surface area contributed by atoms with E-state index in [-0.39, 0.29) is 11.4 Å². The Hall–Kier alpha value is -3.65. The number of piperazine rings is 1. The first-order valence-electron chi connectivity index (χ1n) is 11.2. The van der Waals surface area contributed by atoms with E-state index in [4.69, 9.17) is 4.74 Å². The van der Waals surface area contributed by atoms with E-state index in [2.05, 4.69) is 39.0 Å². The van der Waals surface area contributed by atoms with Gasteiger partial charge in [-0.25, -0.2) is 4.98 Å². The van der Waals surface area contributed by atoms with Gasteiger partial charge in [0.15, 0.2) is 0 Å². The molecule has 0 saturated carbocycles. The summed E-state index contributed by atoms with van der Waals surface area (Å²) in [6.45, 7) is 6.80. The fourth-order valence-electron chi connectivity index (χ4n) is 4.56. The molecule has 0 bridgehead atoms. The number of anilines is 1. The SMILES string of the molecule is C[C@@H]1CN(c2ccc(N=Cc3c(O)[nH]c(=O)c4ccc(C5=COCC5)cc34)cn2)C[C@H](C)N1. The number of hydrogen-bond acceptors (Lipinski definition) is 7. The lowest BCUT2D eigenvalue weighted by Gasteiger charge is -2.36. The number of ether oxygens (including phenoxy) is 1. The molecule has 5 rings (SSSR count). The van der Waals surface area contributed by atoms with E-state index >= 15 is 0 Å². The Kier molecular flexibility index (Phi) is 5.60. The van der Waals surface area contributed by atoms with E-state index in [1.807, 2.05) is 24.3 Å². The predicted molar refractivity (Wildman–Crippen MR) is 131 cm³/mol. The largest absolute Gasteiger partial charge is 0.501 e. The Morgan fingerprint density at radius 1 is 1.18 bits per heavy atom. The molecule has 170 valence electrons. The van der Waals surface area contributed by atoms with Gasteiger partial charge in [-0.3, -0.25) is 14.8 Å². The summed E-state index contributed by atoms with van der Waals surface area (Å²) in [6, 6.07) is 10.3. The second-order valence-corrected chi connectivity index (χ2v) is 8.75. The minimum absolute atomic E-state index is 0.210. The molecule has 2 aliphatic rings. The van der Waals surface area contributed by atoms with Gasteiger partial charge in [-0.05, 0) is 49.2 Å². The number of aliphatic imine (C=N–C) groups is 1. The van der Waals surface area contributed by atoms with Gasteiger partial charge >= 0.3 is 0 Å². The van der Waals surface area contributed by atoms with Crippen LogP contribution in [0.4, 0.5) is 11.5 Å². The second-order valence-electron chi connectivity index (χ2n) is 8.75. The minimum Gasteiger partial charge on any atom is -0.501 e. The van der Waals surface area contributed by atoms with Gasteiger partial charge in [0.25, 0.3) is 5.56 Å². The second kappa shape index (κ2) is 8.71. The predicted octanol–water partition coefficient (Wildman–Crippen LogP) is 3.33. The number of nitrogens with one attached hydrogen (secondary N) is 2. The van der Waals surface area contributed by atoms with Crippen molar-refractivity contribution < 1.29 is 9.84 Å². The molecule has 0 unspecified atom stereocenters. The van der Waals surface area contributed by atoms with Gasteiger partial charge in [0.1, 0.15) is 5.82 Å². The minimum atomic E-state index is -0.339. The van der Waals surface area contributed by atoms with Gasteiger partial charge in [0.2, 0.25) is 5.88 Å². The van der Waals surface area contributed by atoms with E-state index in [9.17, 15) is 9.90 Å². The Labute approximate surface area is 191 Å². The van der Waals surface area contributed by atoms with Crippen LogP contribution in [0.5, 0.6) is 5.88 Å². The Bertz CT molecular complexity index is 1290. The molecule has 0 amide bonds. The number of aromatic amines is 1. The van der Waals surface area contributed by atoms with Crippen LogP contribution in [0.15, 0.2) is 52.6 Å².